The van der Waals surface area contributed by atoms with Crippen molar-refractivity contribution < 1.29 is 14.0 Å². The van der Waals surface area contributed by atoms with E-state index in [2.05, 4.69) is 5.16 Å². The molecule has 2 aromatic rings. The van der Waals surface area contributed by atoms with Crippen molar-refractivity contribution in [2.45, 2.75) is 26.5 Å². The highest BCUT2D eigenvalue weighted by atomic mass is 16.5. The van der Waals surface area contributed by atoms with E-state index < -0.39 is 0 Å². The summed E-state index contributed by atoms with van der Waals surface area (Å²) in [6.45, 7) is 4.09. The minimum atomic E-state index is -0.114. The number of nitrogens with two attached hydrogens (primary N) is 1. The van der Waals surface area contributed by atoms with Crippen molar-refractivity contribution in [1.82, 2.24) is 5.16 Å². The second-order valence-corrected chi connectivity index (χ2v) is 4.42. The van der Waals surface area contributed by atoms with Gasteiger partial charge in [-0.1, -0.05) is 11.2 Å². The molecule has 19 heavy (non-hydrogen) atoms. The molecule has 0 aliphatic rings. The summed E-state index contributed by atoms with van der Waals surface area (Å²) in [5.74, 6) is 2.10. The quantitative estimate of drug-likeness (QED) is 0.896. The van der Waals surface area contributed by atoms with Crippen molar-refractivity contribution in [1.29, 1.82) is 0 Å². The van der Waals surface area contributed by atoms with E-state index in [1.54, 1.807) is 7.11 Å². The van der Waals surface area contributed by atoms with Crippen LogP contribution in [-0.2, 0) is 6.61 Å². The van der Waals surface area contributed by atoms with Crippen LogP contribution < -0.4 is 15.2 Å². The van der Waals surface area contributed by atoms with Crippen molar-refractivity contribution in [3.8, 4) is 11.5 Å². The molecule has 0 aliphatic heterocycles. The van der Waals surface area contributed by atoms with E-state index in [1.165, 1.54) is 0 Å². The Kier molecular flexibility index (Phi) is 4.06. The number of hydrogen-bond acceptors (Lipinski definition) is 5. The number of rotatable bonds is 5. The van der Waals surface area contributed by atoms with Gasteiger partial charge in [0.15, 0.2) is 5.76 Å². The third-order valence-electron chi connectivity index (χ3n) is 2.76. The lowest BCUT2D eigenvalue weighted by Crippen LogP contribution is -2.08. The molecular weight excluding hydrogens is 244 g/mol. The molecule has 2 rings (SSSR count). The maximum Gasteiger partial charge on any atom is 0.174 e. The Morgan fingerprint density at radius 3 is 2.74 bits per heavy atom. The molecule has 1 heterocycles. The predicted octanol–water partition coefficient (Wildman–Crippen LogP) is 2.59. The normalized spacial score (nSPS) is 12.2. The highest BCUT2D eigenvalue weighted by Crippen LogP contribution is 2.29. The van der Waals surface area contributed by atoms with E-state index in [4.69, 9.17) is 19.7 Å². The van der Waals surface area contributed by atoms with Gasteiger partial charge in [-0.2, -0.15) is 0 Å². The molecule has 0 radical (unpaired) electrons. The summed E-state index contributed by atoms with van der Waals surface area (Å²) in [4.78, 5) is 0. The standard InChI is InChI=1S/C14H18N2O3/c1-9-6-12(19-16-9)8-18-14-7-11(17-3)4-5-13(14)10(2)15/h4-7,10H,8,15H2,1-3H3/t10-/m0/s1. The van der Waals surface area contributed by atoms with Crippen molar-refractivity contribution in [3.63, 3.8) is 0 Å². The van der Waals surface area contributed by atoms with Crippen LogP contribution >= 0.6 is 0 Å². The van der Waals surface area contributed by atoms with Gasteiger partial charge in [0.25, 0.3) is 0 Å². The first-order chi connectivity index (χ1) is 9.10. The molecular formula is C14H18N2O3. The molecule has 102 valence electrons. The van der Waals surface area contributed by atoms with Crippen molar-refractivity contribution in [2.75, 3.05) is 7.11 Å². The summed E-state index contributed by atoms with van der Waals surface area (Å²) in [6, 6.07) is 7.32. The van der Waals surface area contributed by atoms with Gasteiger partial charge < -0.3 is 19.7 Å². The third kappa shape index (κ3) is 3.26. The molecule has 0 saturated heterocycles. The summed E-state index contributed by atoms with van der Waals surface area (Å²) in [7, 11) is 1.62. The van der Waals surface area contributed by atoms with Gasteiger partial charge in [-0.05, 0) is 19.9 Å². The van der Waals surface area contributed by atoms with E-state index >= 15 is 0 Å². The fraction of sp³-hybridized carbons (Fsp3) is 0.357. The van der Waals surface area contributed by atoms with E-state index in [0.717, 1.165) is 17.0 Å². The monoisotopic (exact) mass is 262 g/mol. The molecule has 1 aromatic heterocycles. The van der Waals surface area contributed by atoms with Gasteiger partial charge in [-0.3, -0.25) is 0 Å². The Balaban J connectivity index is 2.17. The summed E-state index contributed by atoms with van der Waals surface area (Å²) < 4.78 is 16.0. The third-order valence-corrected chi connectivity index (χ3v) is 2.76. The van der Waals surface area contributed by atoms with Gasteiger partial charge in [-0.25, -0.2) is 0 Å². The van der Waals surface area contributed by atoms with E-state index in [0.29, 0.717) is 18.1 Å². The Bertz CT molecular complexity index is 549. The van der Waals surface area contributed by atoms with Gasteiger partial charge in [-0.15, -0.1) is 0 Å². The smallest absolute Gasteiger partial charge is 0.174 e. The summed E-state index contributed by atoms with van der Waals surface area (Å²) in [6.07, 6.45) is 0. The summed E-state index contributed by atoms with van der Waals surface area (Å²) in [5.41, 5.74) is 7.68. The zero-order valence-electron chi connectivity index (χ0n) is 11.3. The number of nitrogens with zero attached hydrogens (tertiary/aromatic N) is 1. The summed E-state index contributed by atoms with van der Waals surface area (Å²) in [5, 5.41) is 3.82. The predicted molar refractivity (Wildman–Crippen MR) is 71.2 cm³/mol. The molecule has 0 spiro atoms. The second kappa shape index (κ2) is 5.75. The van der Waals surface area contributed by atoms with Crippen LogP contribution in [0.5, 0.6) is 11.5 Å². The SMILES string of the molecule is COc1ccc([C@H](C)N)c(OCc2cc(C)no2)c1. The number of ether oxygens (including phenoxy) is 2. The van der Waals surface area contributed by atoms with Crippen molar-refractivity contribution >= 4 is 0 Å². The highest BCUT2D eigenvalue weighted by Gasteiger charge is 2.11. The lowest BCUT2D eigenvalue weighted by molar-refractivity contribution is 0.245. The fourth-order valence-corrected chi connectivity index (χ4v) is 1.78. The molecule has 0 bridgehead atoms. The number of aromatic nitrogens is 1. The van der Waals surface area contributed by atoms with Crippen LogP contribution in [-0.4, -0.2) is 12.3 Å². The van der Waals surface area contributed by atoms with Gasteiger partial charge in [0.2, 0.25) is 0 Å². The van der Waals surface area contributed by atoms with Crippen LogP contribution in [0.1, 0.15) is 30.0 Å². The lowest BCUT2D eigenvalue weighted by atomic mass is 10.1. The molecule has 0 saturated carbocycles. The minimum absolute atomic E-state index is 0.114. The average molecular weight is 262 g/mol. The maximum absolute atomic E-state index is 5.92. The van der Waals surface area contributed by atoms with Crippen LogP contribution in [0, 0.1) is 6.92 Å². The van der Waals surface area contributed by atoms with Gasteiger partial charge in [0.1, 0.15) is 18.1 Å². The molecule has 1 atom stereocenters. The molecule has 0 amide bonds. The van der Waals surface area contributed by atoms with Crippen molar-refractivity contribution in [2.24, 2.45) is 5.73 Å². The number of methoxy groups -OCH3 is 1. The lowest BCUT2D eigenvalue weighted by Gasteiger charge is -2.14. The van der Waals surface area contributed by atoms with Crippen LogP contribution in [0.15, 0.2) is 28.8 Å². The van der Waals surface area contributed by atoms with Crippen molar-refractivity contribution in [3.05, 3.63) is 41.3 Å². The summed E-state index contributed by atoms with van der Waals surface area (Å²) >= 11 is 0. The molecule has 5 heteroatoms. The molecule has 5 nitrogen and oxygen atoms in total. The Labute approximate surface area is 112 Å². The second-order valence-electron chi connectivity index (χ2n) is 4.42. The van der Waals surface area contributed by atoms with Crippen LogP contribution in [0.4, 0.5) is 0 Å². The minimum Gasteiger partial charge on any atom is -0.497 e. The van der Waals surface area contributed by atoms with Gasteiger partial charge in [0.05, 0.1) is 12.8 Å². The number of hydrogen-bond donors (Lipinski definition) is 1. The van der Waals surface area contributed by atoms with E-state index in [1.807, 2.05) is 38.1 Å². The number of benzene rings is 1. The largest absolute Gasteiger partial charge is 0.497 e. The molecule has 0 fully saturated rings. The van der Waals surface area contributed by atoms with E-state index in [-0.39, 0.29) is 6.04 Å². The zero-order valence-corrected chi connectivity index (χ0v) is 11.3. The topological polar surface area (TPSA) is 70.5 Å². The van der Waals surface area contributed by atoms with Crippen LogP contribution in [0.2, 0.25) is 0 Å². The van der Waals surface area contributed by atoms with E-state index in [9.17, 15) is 0 Å². The Hall–Kier alpha value is -2.01. The molecule has 0 unspecified atom stereocenters. The zero-order chi connectivity index (χ0) is 13.8. The molecule has 2 N–H and O–H groups in total. The molecule has 0 aliphatic carbocycles. The van der Waals surface area contributed by atoms with Crippen LogP contribution in [0.25, 0.3) is 0 Å². The Morgan fingerprint density at radius 1 is 1.37 bits per heavy atom. The first-order valence-corrected chi connectivity index (χ1v) is 6.08. The Morgan fingerprint density at radius 2 is 2.16 bits per heavy atom. The average Bonchev–Trinajstić information content (AvgIpc) is 2.81. The number of aryl methyl sites for hydroxylation is 1. The molecule has 1 aromatic carbocycles. The highest BCUT2D eigenvalue weighted by molar-refractivity contribution is 5.42. The first-order valence-electron chi connectivity index (χ1n) is 6.08. The van der Waals surface area contributed by atoms with Crippen LogP contribution in [0.3, 0.4) is 0 Å². The first kappa shape index (κ1) is 13.4. The fourth-order valence-electron chi connectivity index (χ4n) is 1.78. The maximum atomic E-state index is 5.92. The van der Waals surface area contributed by atoms with Gasteiger partial charge >= 0.3 is 0 Å². The van der Waals surface area contributed by atoms with Gasteiger partial charge in [0, 0.05) is 23.7 Å².